The van der Waals surface area contributed by atoms with E-state index in [9.17, 15) is 18.4 Å². The van der Waals surface area contributed by atoms with E-state index in [4.69, 9.17) is 9.47 Å². The lowest BCUT2D eigenvalue weighted by Gasteiger charge is -2.37. The second-order valence-electron chi connectivity index (χ2n) is 5.87. The minimum absolute atomic E-state index is 0.108. The summed E-state index contributed by atoms with van der Waals surface area (Å²) in [7, 11) is 0. The molecular weight excluding hydrogens is 272 g/mol. The Morgan fingerprint density at radius 3 is 2.45 bits per heavy atom. The van der Waals surface area contributed by atoms with Gasteiger partial charge in [0.1, 0.15) is 5.60 Å². The standard InChI is InChI=1S/C13H21F2NO4/c1-5-19-10(17)9-6-13(14,15)8-16(7-9)11(18)20-12(2,3)4/h9H,5-8H2,1-4H3/t9-/m1/s1. The van der Waals surface area contributed by atoms with Gasteiger partial charge in [0.2, 0.25) is 0 Å². The first-order valence-corrected chi connectivity index (χ1v) is 6.56. The van der Waals surface area contributed by atoms with E-state index in [0.29, 0.717) is 0 Å². The molecule has 1 fully saturated rings. The third kappa shape index (κ3) is 4.94. The van der Waals surface area contributed by atoms with Crippen LogP contribution in [0.15, 0.2) is 0 Å². The second-order valence-corrected chi connectivity index (χ2v) is 5.87. The van der Waals surface area contributed by atoms with Gasteiger partial charge < -0.3 is 14.4 Å². The number of carbonyl (C=O) groups excluding carboxylic acids is 2. The molecule has 7 heteroatoms. The van der Waals surface area contributed by atoms with Crippen molar-refractivity contribution in [3.63, 3.8) is 0 Å². The predicted octanol–water partition coefficient (Wildman–Crippen LogP) is 2.44. The number of amides is 1. The number of esters is 1. The van der Waals surface area contributed by atoms with E-state index < -0.39 is 42.5 Å². The quantitative estimate of drug-likeness (QED) is 0.734. The highest BCUT2D eigenvalue weighted by molar-refractivity contribution is 5.75. The zero-order valence-electron chi connectivity index (χ0n) is 12.2. The van der Waals surface area contributed by atoms with Crippen LogP contribution in [0.2, 0.25) is 0 Å². The molecule has 20 heavy (non-hydrogen) atoms. The van der Waals surface area contributed by atoms with E-state index >= 15 is 0 Å². The fraction of sp³-hybridized carbons (Fsp3) is 0.846. The summed E-state index contributed by atoms with van der Waals surface area (Å²) >= 11 is 0. The van der Waals surface area contributed by atoms with Gasteiger partial charge in [0.15, 0.2) is 0 Å². The smallest absolute Gasteiger partial charge is 0.410 e. The molecule has 1 rings (SSSR count). The molecule has 1 atom stereocenters. The average molecular weight is 293 g/mol. The normalized spacial score (nSPS) is 22.3. The second kappa shape index (κ2) is 5.93. The van der Waals surface area contributed by atoms with Gasteiger partial charge in [-0.05, 0) is 27.7 Å². The van der Waals surface area contributed by atoms with Crippen molar-refractivity contribution >= 4 is 12.1 Å². The summed E-state index contributed by atoms with van der Waals surface area (Å²) in [6.45, 7) is 5.82. The molecule has 0 radical (unpaired) electrons. The van der Waals surface area contributed by atoms with Crippen molar-refractivity contribution in [1.29, 1.82) is 0 Å². The molecule has 1 aliphatic heterocycles. The Balaban J connectivity index is 2.77. The number of ether oxygens (including phenoxy) is 2. The van der Waals surface area contributed by atoms with Crippen LogP contribution in [0.5, 0.6) is 0 Å². The minimum atomic E-state index is -3.12. The molecule has 0 N–H and O–H groups in total. The number of carbonyl (C=O) groups is 2. The van der Waals surface area contributed by atoms with Gasteiger partial charge in [0.05, 0.1) is 19.1 Å². The maximum Gasteiger partial charge on any atom is 0.410 e. The van der Waals surface area contributed by atoms with E-state index in [0.717, 1.165) is 4.90 Å². The molecule has 0 aromatic heterocycles. The van der Waals surface area contributed by atoms with Crippen LogP contribution in [-0.2, 0) is 14.3 Å². The molecule has 0 bridgehead atoms. The monoisotopic (exact) mass is 293 g/mol. The largest absolute Gasteiger partial charge is 0.466 e. The topological polar surface area (TPSA) is 55.8 Å². The van der Waals surface area contributed by atoms with Crippen molar-refractivity contribution in [3.8, 4) is 0 Å². The maximum atomic E-state index is 13.6. The Morgan fingerprint density at radius 1 is 1.35 bits per heavy atom. The molecule has 5 nitrogen and oxygen atoms in total. The fourth-order valence-electron chi connectivity index (χ4n) is 1.98. The predicted molar refractivity (Wildman–Crippen MR) is 67.5 cm³/mol. The summed E-state index contributed by atoms with van der Waals surface area (Å²) < 4.78 is 37.1. The Morgan fingerprint density at radius 2 is 1.95 bits per heavy atom. The first-order chi connectivity index (χ1) is 9.04. The molecule has 0 spiro atoms. The number of nitrogens with zero attached hydrogens (tertiary/aromatic N) is 1. The molecule has 0 aromatic rings. The van der Waals surface area contributed by atoms with Crippen LogP contribution >= 0.6 is 0 Å². The van der Waals surface area contributed by atoms with E-state index in [1.807, 2.05) is 0 Å². The van der Waals surface area contributed by atoms with Crippen molar-refractivity contribution in [2.24, 2.45) is 5.92 Å². The third-order valence-corrected chi connectivity index (χ3v) is 2.68. The molecule has 1 aliphatic rings. The molecule has 1 saturated heterocycles. The summed E-state index contributed by atoms with van der Waals surface area (Å²) in [6, 6.07) is 0. The molecule has 0 aromatic carbocycles. The molecule has 116 valence electrons. The lowest BCUT2D eigenvalue weighted by atomic mass is 9.95. The van der Waals surface area contributed by atoms with Crippen LogP contribution in [0.4, 0.5) is 13.6 Å². The van der Waals surface area contributed by atoms with Crippen LogP contribution in [0.25, 0.3) is 0 Å². The van der Waals surface area contributed by atoms with E-state index in [1.54, 1.807) is 27.7 Å². The average Bonchev–Trinajstić information content (AvgIpc) is 2.24. The lowest BCUT2D eigenvalue weighted by Crippen LogP contribution is -2.52. The first kappa shape index (κ1) is 16.7. The molecular formula is C13H21F2NO4. The number of likely N-dealkylation sites (tertiary alicyclic amines) is 1. The first-order valence-electron chi connectivity index (χ1n) is 6.56. The van der Waals surface area contributed by atoms with E-state index in [1.165, 1.54) is 0 Å². The maximum absolute atomic E-state index is 13.6. The molecule has 1 heterocycles. The lowest BCUT2D eigenvalue weighted by molar-refractivity contribution is -0.158. The number of piperidine rings is 1. The Hall–Kier alpha value is -1.40. The summed E-state index contributed by atoms with van der Waals surface area (Å²) in [6.07, 6.45) is -1.45. The van der Waals surface area contributed by atoms with Gasteiger partial charge in [-0.2, -0.15) is 0 Å². The zero-order valence-corrected chi connectivity index (χ0v) is 12.2. The van der Waals surface area contributed by atoms with Crippen molar-refractivity contribution in [3.05, 3.63) is 0 Å². The summed E-state index contributed by atoms with van der Waals surface area (Å²) in [5.41, 5.74) is -0.775. The number of rotatable bonds is 2. The van der Waals surface area contributed by atoms with Gasteiger partial charge in [0.25, 0.3) is 5.92 Å². The summed E-state index contributed by atoms with van der Waals surface area (Å²) in [5.74, 6) is -4.85. The Bertz CT molecular complexity index is 379. The van der Waals surface area contributed by atoms with Crippen molar-refractivity contribution in [2.45, 2.75) is 45.6 Å². The van der Waals surface area contributed by atoms with Gasteiger partial charge in [-0.25, -0.2) is 13.6 Å². The summed E-state index contributed by atoms with van der Waals surface area (Å²) in [4.78, 5) is 24.3. The van der Waals surface area contributed by atoms with Gasteiger partial charge >= 0.3 is 12.1 Å². The molecule has 0 saturated carbocycles. The van der Waals surface area contributed by atoms with Crippen molar-refractivity contribution in [2.75, 3.05) is 19.7 Å². The Kier molecular flexibility index (Phi) is 4.94. The van der Waals surface area contributed by atoms with Crippen LogP contribution in [0.1, 0.15) is 34.1 Å². The molecule has 1 amide bonds. The minimum Gasteiger partial charge on any atom is -0.466 e. The van der Waals surface area contributed by atoms with Crippen LogP contribution < -0.4 is 0 Å². The molecule has 0 unspecified atom stereocenters. The number of hydrogen-bond donors (Lipinski definition) is 0. The highest BCUT2D eigenvalue weighted by Crippen LogP contribution is 2.31. The highest BCUT2D eigenvalue weighted by atomic mass is 19.3. The van der Waals surface area contributed by atoms with E-state index in [2.05, 4.69) is 0 Å². The third-order valence-electron chi connectivity index (χ3n) is 2.68. The van der Waals surface area contributed by atoms with Crippen molar-refractivity contribution < 1.29 is 27.8 Å². The Labute approximate surface area is 117 Å². The van der Waals surface area contributed by atoms with Gasteiger partial charge in [0, 0.05) is 13.0 Å². The number of alkyl halides is 2. The fourth-order valence-corrected chi connectivity index (χ4v) is 1.98. The zero-order chi connectivity index (χ0) is 15.6. The van der Waals surface area contributed by atoms with Gasteiger partial charge in [-0.1, -0.05) is 0 Å². The highest BCUT2D eigenvalue weighted by Gasteiger charge is 2.46. The van der Waals surface area contributed by atoms with Crippen LogP contribution in [0.3, 0.4) is 0 Å². The number of hydrogen-bond acceptors (Lipinski definition) is 4. The van der Waals surface area contributed by atoms with Gasteiger partial charge in [-0.3, -0.25) is 4.79 Å². The summed E-state index contributed by atoms with van der Waals surface area (Å²) in [5, 5.41) is 0. The van der Waals surface area contributed by atoms with Crippen LogP contribution in [0, 0.1) is 5.92 Å². The van der Waals surface area contributed by atoms with Gasteiger partial charge in [-0.15, -0.1) is 0 Å². The van der Waals surface area contributed by atoms with E-state index in [-0.39, 0.29) is 13.2 Å². The SMILES string of the molecule is CCOC(=O)[C@H]1CN(C(=O)OC(C)(C)C)CC(F)(F)C1. The number of halogens is 2. The van der Waals surface area contributed by atoms with Crippen LogP contribution in [-0.4, -0.2) is 48.2 Å². The van der Waals surface area contributed by atoms with Crippen molar-refractivity contribution in [1.82, 2.24) is 4.90 Å². The molecule has 0 aliphatic carbocycles.